The summed E-state index contributed by atoms with van der Waals surface area (Å²) in [6.07, 6.45) is 5.30. The Morgan fingerprint density at radius 3 is 2.33 bits per heavy atom. The van der Waals surface area contributed by atoms with E-state index in [2.05, 4.69) is 11.0 Å². The Morgan fingerprint density at radius 2 is 1.67 bits per heavy atom. The smallest absolute Gasteiger partial charge is 0.285 e. The van der Waals surface area contributed by atoms with Gasteiger partial charge in [0.2, 0.25) is 11.8 Å². The minimum absolute atomic E-state index is 0.00629. The van der Waals surface area contributed by atoms with Crippen LogP contribution in [0, 0.1) is 16.2 Å². The number of rotatable bonds is 5. The first-order valence-corrected chi connectivity index (χ1v) is 11.2. The fraction of sp³-hybridized carbons (Fsp3) is 0.360. The van der Waals surface area contributed by atoms with Gasteiger partial charge in [0, 0.05) is 63.5 Å². The molecule has 4 rings (SSSR count). The fourth-order valence-corrected chi connectivity index (χ4v) is 4.50. The van der Waals surface area contributed by atoms with E-state index in [0.29, 0.717) is 37.3 Å². The van der Waals surface area contributed by atoms with Crippen molar-refractivity contribution in [2.75, 3.05) is 44.2 Å². The van der Waals surface area contributed by atoms with Gasteiger partial charge in [-0.05, 0) is 36.6 Å². The molecular formula is C25H27N4O4. The molecule has 0 unspecified atom stereocenters. The van der Waals surface area contributed by atoms with E-state index in [4.69, 9.17) is 0 Å². The van der Waals surface area contributed by atoms with E-state index in [1.165, 1.54) is 19.1 Å². The summed E-state index contributed by atoms with van der Waals surface area (Å²) in [6, 6.07) is 13.7. The van der Waals surface area contributed by atoms with Gasteiger partial charge in [0.1, 0.15) is 0 Å². The van der Waals surface area contributed by atoms with Crippen LogP contribution in [0.25, 0.3) is 17.2 Å². The number of nitro benzene ring substituents is 1. The summed E-state index contributed by atoms with van der Waals surface area (Å²) in [7, 11) is 0. The molecule has 1 radical (unpaired) electrons. The van der Waals surface area contributed by atoms with Gasteiger partial charge in [-0.3, -0.25) is 19.7 Å². The van der Waals surface area contributed by atoms with Crippen LogP contribution in [0.15, 0.2) is 42.5 Å². The molecule has 2 fully saturated rings. The van der Waals surface area contributed by atoms with Crippen molar-refractivity contribution < 1.29 is 14.5 Å². The summed E-state index contributed by atoms with van der Waals surface area (Å²) in [4.78, 5) is 41.4. The molecule has 2 aromatic rings. The minimum Gasteiger partial charge on any atom is -0.371 e. The first-order chi connectivity index (χ1) is 16.0. The molecule has 2 saturated heterocycles. The topological polar surface area (TPSA) is 87.0 Å². The number of carbonyl (C=O) groups is 2. The average Bonchev–Trinajstić information content (AvgIpc) is 3.37. The maximum absolute atomic E-state index is 12.8. The zero-order chi connectivity index (χ0) is 23.4. The van der Waals surface area contributed by atoms with Crippen LogP contribution < -0.4 is 4.90 Å². The van der Waals surface area contributed by atoms with Crippen LogP contribution in [0.5, 0.6) is 0 Å². The van der Waals surface area contributed by atoms with Crippen molar-refractivity contribution in [3.8, 4) is 11.1 Å². The Labute approximate surface area is 193 Å². The van der Waals surface area contributed by atoms with Gasteiger partial charge in [0.15, 0.2) is 0 Å². The van der Waals surface area contributed by atoms with Crippen molar-refractivity contribution in [2.24, 2.45) is 0 Å². The van der Waals surface area contributed by atoms with Gasteiger partial charge < -0.3 is 14.7 Å². The van der Waals surface area contributed by atoms with Crippen LogP contribution in [0.3, 0.4) is 0 Å². The predicted molar refractivity (Wildman–Crippen MR) is 127 cm³/mol. The molecule has 33 heavy (non-hydrogen) atoms. The molecule has 2 aliphatic rings. The molecule has 0 saturated carbocycles. The summed E-state index contributed by atoms with van der Waals surface area (Å²) in [5, 5.41) is 11.9. The van der Waals surface area contributed by atoms with Gasteiger partial charge >= 0.3 is 0 Å². The van der Waals surface area contributed by atoms with E-state index in [1.807, 2.05) is 24.3 Å². The third-order valence-corrected chi connectivity index (χ3v) is 6.25. The standard InChI is InChI=1S/C25H27N4O4/c1-19(30)26-15-17-28(18-16-26)24(31)12-11-20-7-6-10-23(29(32)33)25(20)21-8-2-3-9-22(21)27-13-4-5-14-27/h2-3,6-9,11-12H,4-5,13-18H2,1H3/b12-11+. The molecular weight excluding hydrogens is 420 g/mol. The summed E-state index contributed by atoms with van der Waals surface area (Å²) >= 11 is 0. The van der Waals surface area contributed by atoms with Gasteiger partial charge in [-0.1, -0.05) is 24.3 Å². The second kappa shape index (κ2) is 9.85. The van der Waals surface area contributed by atoms with Gasteiger partial charge in [-0.2, -0.15) is 0 Å². The molecule has 0 spiro atoms. The van der Waals surface area contributed by atoms with Crippen LogP contribution in [0.2, 0.25) is 0 Å². The van der Waals surface area contributed by atoms with E-state index in [9.17, 15) is 19.7 Å². The number of hydrogen-bond acceptors (Lipinski definition) is 5. The summed E-state index contributed by atoms with van der Waals surface area (Å²) < 4.78 is 0. The monoisotopic (exact) mass is 447 g/mol. The highest BCUT2D eigenvalue weighted by molar-refractivity contribution is 5.96. The van der Waals surface area contributed by atoms with Crippen LogP contribution >= 0.6 is 0 Å². The maximum Gasteiger partial charge on any atom is 0.285 e. The lowest BCUT2D eigenvalue weighted by Gasteiger charge is -2.33. The Kier molecular flexibility index (Phi) is 6.72. The van der Waals surface area contributed by atoms with Crippen molar-refractivity contribution in [1.82, 2.24) is 9.80 Å². The molecule has 8 heteroatoms. The molecule has 2 aromatic carbocycles. The van der Waals surface area contributed by atoms with Crippen LogP contribution in [0.4, 0.5) is 11.4 Å². The molecule has 2 amide bonds. The van der Waals surface area contributed by atoms with E-state index in [0.717, 1.165) is 37.2 Å². The van der Waals surface area contributed by atoms with Gasteiger partial charge in [-0.25, -0.2) is 0 Å². The highest BCUT2D eigenvalue weighted by Crippen LogP contribution is 2.40. The predicted octanol–water partition coefficient (Wildman–Crippen LogP) is 3.37. The highest BCUT2D eigenvalue weighted by Gasteiger charge is 2.25. The van der Waals surface area contributed by atoms with Crippen molar-refractivity contribution in [3.05, 3.63) is 64.2 Å². The van der Waals surface area contributed by atoms with E-state index < -0.39 is 4.92 Å². The average molecular weight is 448 g/mol. The normalized spacial score (nSPS) is 16.5. The largest absolute Gasteiger partial charge is 0.371 e. The number of hydrogen-bond donors (Lipinski definition) is 0. The molecule has 8 nitrogen and oxygen atoms in total. The zero-order valence-corrected chi connectivity index (χ0v) is 18.7. The zero-order valence-electron chi connectivity index (χ0n) is 18.7. The fourth-order valence-electron chi connectivity index (χ4n) is 4.50. The Bertz CT molecular complexity index is 1080. The number of nitrogens with zero attached hydrogens (tertiary/aromatic N) is 4. The Morgan fingerprint density at radius 1 is 1.00 bits per heavy atom. The number of piperazine rings is 1. The third kappa shape index (κ3) is 4.89. The number of nitro groups is 1. The lowest BCUT2D eigenvalue weighted by Crippen LogP contribution is -2.49. The number of carbonyl (C=O) groups excluding carboxylic acids is 2. The lowest BCUT2D eigenvalue weighted by molar-refractivity contribution is -0.384. The lowest BCUT2D eigenvalue weighted by atomic mass is 9.95. The van der Waals surface area contributed by atoms with Gasteiger partial charge in [0.25, 0.3) is 5.69 Å². The van der Waals surface area contributed by atoms with Crippen molar-refractivity contribution in [1.29, 1.82) is 0 Å². The molecule has 0 N–H and O–H groups in total. The SMILES string of the molecule is CC(=O)N1CCN(C(=O)/C=C/c2cc[c]c([N+](=O)[O-])c2-c2ccccc2N2CCCC2)CC1. The number of amides is 2. The Balaban J connectivity index is 1.66. The number of anilines is 1. The maximum atomic E-state index is 12.8. The van der Waals surface area contributed by atoms with Crippen molar-refractivity contribution >= 4 is 29.3 Å². The molecule has 2 aliphatic heterocycles. The van der Waals surface area contributed by atoms with E-state index in [-0.39, 0.29) is 17.5 Å². The second-order valence-electron chi connectivity index (χ2n) is 8.29. The van der Waals surface area contributed by atoms with E-state index >= 15 is 0 Å². The van der Waals surface area contributed by atoms with Crippen molar-refractivity contribution in [2.45, 2.75) is 19.8 Å². The minimum atomic E-state index is -0.420. The number of para-hydroxylation sites is 1. The summed E-state index contributed by atoms with van der Waals surface area (Å²) in [5.74, 6) is -0.167. The van der Waals surface area contributed by atoms with Gasteiger partial charge in [-0.15, -0.1) is 0 Å². The third-order valence-electron chi connectivity index (χ3n) is 6.25. The molecule has 0 bridgehead atoms. The number of benzene rings is 2. The molecule has 2 heterocycles. The quantitative estimate of drug-likeness (QED) is 0.398. The highest BCUT2D eigenvalue weighted by atomic mass is 16.6. The molecule has 171 valence electrons. The summed E-state index contributed by atoms with van der Waals surface area (Å²) in [5.41, 5.74) is 2.69. The first-order valence-electron chi connectivity index (χ1n) is 11.2. The second-order valence-corrected chi connectivity index (χ2v) is 8.29. The molecule has 0 aromatic heterocycles. The van der Waals surface area contributed by atoms with Crippen molar-refractivity contribution in [3.63, 3.8) is 0 Å². The summed E-state index contributed by atoms with van der Waals surface area (Å²) in [6.45, 7) is 5.31. The molecule has 0 aliphatic carbocycles. The first kappa shape index (κ1) is 22.5. The molecule has 0 atom stereocenters. The van der Waals surface area contributed by atoms with Crippen LogP contribution in [-0.2, 0) is 9.59 Å². The van der Waals surface area contributed by atoms with E-state index in [1.54, 1.807) is 21.9 Å². The van der Waals surface area contributed by atoms with Gasteiger partial charge in [0.05, 0.1) is 16.6 Å². The Hall–Kier alpha value is -3.68. The van der Waals surface area contributed by atoms with Crippen LogP contribution in [0.1, 0.15) is 25.3 Å². The van der Waals surface area contributed by atoms with Crippen LogP contribution in [-0.4, -0.2) is 65.8 Å².